The Hall–Kier alpha value is -2.24. The van der Waals surface area contributed by atoms with E-state index >= 15 is 0 Å². The topological polar surface area (TPSA) is 59.1 Å². The smallest absolute Gasteiger partial charge is 0.356 e. The monoisotopic (exact) mass is 238 g/mol. The standard InChI is InChI=1S/C11H6F2NO3/c1-17-11(16)8-4-9(15)6-2-5(12)3-7(13)10(6)14-8/h2-4H,1H3. The minimum absolute atomic E-state index is 0.213. The van der Waals surface area contributed by atoms with E-state index in [-0.39, 0.29) is 16.6 Å². The quantitative estimate of drug-likeness (QED) is 0.717. The van der Waals surface area contributed by atoms with Crippen LogP contribution in [0.2, 0.25) is 0 Å². The van der Waals surface area contributed by atoms with Crippen molar-refractivity contribution < 1.29 is 23.4 Å². The highest BCUT2D eigenvalue weighted by Crippen LogP contribution is 2.27. The van der Waals surface area contributed by atoms with Crippen LogP contribution >= 0.6 is 0 Å². The summed E-state index contributed by atoms with van der Waals surface area (Å²) in [6.07, 6.45) is 0. The number of fused-ring (bicyclic) bond motifs is 1. The molecule has 0 saturated heterocycles. The van der Waals surface area contributed by atoms with Gasteiger partial charge in [0.15, 0.2) is 17.3 Å². The van der Waals surface area contributed by atoms with Gasteiger partial charge < -0.3 is 4.74 Å². The van der Waals surface area contributed by atoms with Crippen LogP contribution in [0.1, 0.15) is 10.5 Å². The average Bonchev–Trinajstić information content (AvgIpc) is 2.29. The van der Waals surface area contributed by atoms with Gasteiger partial charge in [0.1, 0.15) is 11.3 Å². The molecule has 0 amide bonds. The predicted molar refractivity (Wildman–Crippen MR) is 53.1 cm³/mol. The number of carbonyl (C=O) groups excluding carboxylic acids is 1. The SMILES string of the molecule is COC(=O)c1cc([O])c2cc(F)cc(F)c2n1. The molecular weight excluding hydrogens is 232 g/mol. The molecule has 0 aliphatic heterocycles. The molecule has 0 aliphatic rings. The second kappa shape index (κ2) is 3.97. The van der Waals surface area contributed by atoms with Crippen LogP contribution < -0.4 is 0 Å². The zero-order valence-electron chi connectivity index (χ0n) is 8.66. The van der Waals surface area contributed by atoms with Gasteiger partial charge in [-0.15, -0.1) is 0 Å². The van der Waals surface area contributed by atoms with Crippen LogP contribution in [0, 0.1) is 11.6 Å². The van der Waals surface area contributed by atoms with Gasteiger partial charge in [-0.05, 0) is 6.07 Å². The Kier molecular flexibility index (Phi) is 2.63. The zero-order valence-corrected chi connectivity index (χ0v) is 8.66. The highest BCUT2D eigenvalue weighted by atomic mass is 19.1. The molecule has 0 spiro atoms. The Labute approximate surface area is 94.5 Å². The molecule has 2 aromatic rings. The molecule has 1 aromatic heterocycles. The summed E-state index contributed by atoms with van der Waals surface area (Å²) in [5.41, 5.74) is -0.658. The van der Waals surface area contributed by atoms with E-state index in [1.54, 1.807) is 0 Å². The number of rotatable bonds is 1. The van der Waals surface area contributed by atoms with Gasteiger partial charge in [0.2, 0.25) is 0 Å². The van der Waals surface area contributed by atoms with Crippen molar-refractivity contribution in [3.63, 3.8) is 0 Å². The minimum atomic E-state index is -0.997. The summed E-state index contributed by atoms with van der Waals surface area (Å²) in [5, 5.41) is 11.3. The summed E-state index contributed by atoms with van der Waals surface area (Å²) in [6.45, 7) is 0. The van der Waals surface area contributed by atoms with E-state index in [1.165, 1.54) is 0 Å². The van der Waals surface area contributed by atoms with E-state index in [1.807, 2.05) is 0 Å². The summed E-state index contributed by atoms with van der Waals surface area (Å²) >= 11 is 0. The highest BCUT2D eigenvalue weighted by molar-refractivity contribution is 5.94. The molecule has 1 radical (unpaired) electrons. The van der Waals surface area contributed by atoms with Crippen molar-refractivity contribution in [3.05, 3.63) is 35.5 Å². The summed E-state index contributed by atoms with van der Waals surface area (Å²) in [4.78, 5) is 14.8. The maximum absolute atomic E-state index is 13.4. The molecular formula is C11H6F2NO3. The number of halogens is 2. The van der Waals surface area contributed by atoms with Crippen LogP contribution in [-0.4, -0.2) is 18.1 Å². The molecule has 1 aromatic carbocycles. The van der Waals surface area contributed by atoms with Crippen molar-refractivity contribution in [2.24, 2.45) is 0 Å². The Morgan fingerprint density at radius 1 is 1.29 bits per heavy atom. The number of nitrogens with zero attached hydrogens (tertiary/aromatic N) is 1. The van der Waals surface area contributed by atoms with E-state index in [4.69, 9.17) is 0 Å². The molecule has 0 atom stereocenters. The molecule has 17 heavy (non-hydrogen) atoms. The molecule has 0 saturated carbocycles. The molecule has 87 valence electrons. The number of pyridine rings is 1. The number of esters is 1. The van der Waals surface area contributed by atoms with Gasteiger partial charge in [-0.2, -0.15) is 0 Å². The second-order valence-electron chi connectivity index (χ2n) is 3.28. The third-order valence-electron chi connectivity index (χ3n) is 2.19. The van der Waals surface area contributed by atoms with Gasteiger partial charge in [-0.1, -0.05) is 0 Å². The lowest BCUT2D eigenvalue weighted by atomic mass is 10.1. The van der Waals surface area contributed by atoms with Gasteiger partial charge >= 0.3 is 5.97 Å². The van der Waals surface area contributed by atoms with Crippen molar-refractivity contribution in [2.45, 2.75) is 0 Å². The van der Waals surface area contributed by atoms with Crippen LogP contribution in [0.25, 0.3) is 10.9 Å². The number of ether oxygens (including phenoxy) is 1. The fourth-order valence-corrected chi connectivity index (χ4v) is 1.43. The third-order valence-corrected chi connectivity index (χ3v) is 2.19. The van der Waals surface area contributed by atoms with E-state index < -0.39 is 23.4 Å². The van der Waals surface area contributed by atoms with Crippen molar-refractivity contribution in [1.29, 1.82) is 0 Å². The number of benzene rings is 1. The normalized spacial score (nSPS) is 10.5. The van der Waals surface area contributed by atoms with E-state index in [0.29, 0.717) is 6.07 Å². The van der Waals surface area contributed by atoms with Gasteiger partial charge in [-0.3, -0.25) is 5.11 Å². The van der Waals surface area contributed by atoms with Crippen LogP contribution in [0.4, 0.5) is 8.78 Å². The summed E-state index contributed by atoms with van der Waals surface area (Å²) in [5.74, 6) is -3.41. The number of methoxy groups -OCH3 is 1. The predicted octanol–water partition coefficient (Wildman–Crippen LogP) is 2.44. The lowest BCUT2D eigenvalue weighted by molar-refractivity contribution is 0.0594. The summed E-state index contributed by atoms with van der Waals surface area (Å²) in [7, 11) is 1.11. The van der Waals surface area contributed by atoms with Crippen molar-refractivity contribution in [2.75, 3.05) is 7.11 Å². The largest absolute Gasteiger partial charge is 0.464 e. The van der Waals surface area contributed by atoms with Crippen molar-refractivity contribution in [1.82, 2.24) is 4.98 Å². The van der Waals surface area contributed by atoms with E-state index in [0.717, 1.165) is 19.2 Å². The van der Waals surface area contributed by atoms with E-state index in [2.05, 4.69) is 9.72 Å². The number of hydrogen-bond acceptors (Lipinski definition) is 3. The third kappa shape index (κ3) is 1.89. The number of aromatic nitrogens is 1. The molecule has 2 rings (SSSR count). The van der Waals surface area contributed by atoms with Gasteiger partial charge in [-0.25, -0.2) is 18.6 Å². The number of carbonyl (C=O) groups is 1. The molecule has 0 N–H and O–H groups in total. The maximum Gasteiger partial charge on any atom is 0.356 e. The molecule has 6 heteroatoms. The minimum Gasteiger partial charge on any atom is -0.464 e. The van der Waals surface area contributed by atoms with Gasteiger partial charge in [0.05, 0.1) is 12.5 Å². The summed E-state index contributed by atoms with van der Waals surface area (Å²) in [6, 6.07) is 2.34. The first-order chi connectivity index (χ1) is 8.02. The molecule has 4 nitrogen and oxygen atoms in total. The van der Waals surface area contributed by atoms with Crippen LogP contribution in [0.5, 0.6) is 5.75 Å². The van der Waals surface area contributed by atoms with Gasteiger partial charge in [0.25, 0.3) is 0 Å². The van der Waals surface area contributed by atoms with Crippen LogP contribution in [0.3, 0.4) is 0 Å². The van der Waals surface area contributed by atoms with E-state index in [9.17, 15) is 18.7 Å². The van der Waals surface area contributed by atoms with Crippen LogP contribution in [0.15, 0.2) is 18.2 Å². The second-order valence-corrected chi connectivity index (χ2v) is 3.28. The first-order valence-electron chi connectivity index (χ1n) is 4.58. The zero-order chi connectivity index (χ0) is 12.6. The Morgan fingerprint density at radius 3 is 2.65 bits per heavy atom. The average molecular weight is 238 g/mol. The molecule has 0 bridgehead atoms. The molecule has 0 fully saturated rings. The number of hydrogen-bond donors (Lipinski definition) is 0. The lowest BCUT2D eigenvalue weighted by Gasteiger charge is -2.03. The lowest BCUT2D eigenvalue weighted by Crippen LogP contribution is -2.04. The first kappa shape index (κ1) is 11.3. The Bertz CT molecular complexity index is 613. The van der Waals surface area contributed by atoms with Crippen molar-refractivity contribution >= 4 is 16.9 Å². The fraction of sp³-hybridized carbons (Fsp3) is 0.0909. The highest BCUT2D eigenvalue weighted by Gasteiger charge is 2.16. The Morgan fingerprint density at radius 2 is 2.00 bits per heavy atom. The molecule has 0 aliphatic carbocycles. The molecule has 0 unspecified atom stereocenters. The maximum atomic E-state index is 13.4. The fourth-order valence-electron chi connectivity index (χ4n) is 1.43. The Balaban J connectivity index is 2.77. The van der Waals surface area contributed by atoms with Crippen molar-refractivity contribution in [3.8, 4) is 5.75 Å². The van der Waals surface area contributed by atoms with Gasteiger partial charge in [0, 0.05) is 12.1 Å². The summed E-state index contributed by atoms with van der Waals surface area (Å²) < 4.78 is 30.7. The molecule has 1 heterocycles. The first-order valence-corrected chi connectivity index (χ1v) is 4.58. The van der Waals surface area contributed by atoms with Crippen LogP contribution in [-0.2, 0) is 9.84 Å².